The van der Waals surface area contributed by atoms with Crippen LogP contribution in [0.4, 0.5) is 11.5 Å². The predicted molar refractivity (Wildman–Crippen MR) is 85.1 cm³/mol. The number of non-ortho nitro benzene ring substituents is 1. The van der Waals surface area contributed by atoms with Gasteiger partial charge in [-0.25, -0.2) is 0 Å². The number of nitrogens with one attached hydrogen (secondary N) is 1. The topological polar surface area (TPSA) is 85.1 Å². The van der Waals surface area contributed by atoms with Gasteiger partial charge in [-0.15, -0.1) is 0 Å². The van der Waals surface area contributed by atoms with Crippen molar-refractivity contribution in [3.63, 3.8) is 0 Å². The minimum atomic E-state index is -0.466. The van der Waals surface area contributed by atoms with Gasteiger partial charge in [0.15, 0.2) is 5.82 Å². The van der Waals surface area contributed by atoms with Crippen molar-refractivity contribution in [2.45, 2.75) is 6.42 Å². The molecule has 1 amide bonds. The Balaban J connectivity index is 1.83. The summed E-state index contributed by atoms with van der Waals surface area (Å²) in [5, 5.41) is 14.1. The molecule has 0 unspecified atom stereocenters. The number of nitro groups is 1. The molecular weight excluding hydrogens is 302 g/mol. The minimum Gasteiger partial charge on any atom is -0.309 e. The van der Waals surface area contributed by atoms with Crippen molar-refractivity contribution in [1.82, 2.24) is 4.37 Å². The molecule has 0 aliphatic rings. The maximum Gasteiger partial charge on any atom is 0.270 e. The number of rotatable bonds is 4. The third-order valence-corrected chi connectivity index (χ3v) is 3.96. The number of anilines is 1. The Hall–Kier alpha value is -2.80. The van der Waals surface area contributed by atoms with Crippen molar-refractivity contribution in [2.75, 3.05) is 5.32 Å². The Labute approximate surface area is 129 Å². The first-order chi connectivity index (χ1) is 10.6. The summed E-state index contributed by atoms with van der Waals surface area (Å²) in [6, 6.07) is 13.8. The standard InChI is InChI=1S/C15H11N3O3S/c19-14(8-10-4-2-1-3-5-10)16-15-12-9-11(18(20)21)6-7-13(12)22-17-15/h1-7,9H,8H2,(H,16,17,19). The van der Waals surface area contributed by atoms with Crippen LogP contribution in [0.3, 0.4) is 0 Å². The van der Waals surface area contributed by atoms with E-state index in [0.717, 1.165) is 10.3 Å². The van der Waals surface area contributed by atoms with E-state index in [1.807, 2.05) is 30.3 Å². The normalized spacial score (nSPS) is 10.5. The largest absolute Gasteiger partial charge is 0.309 e. The highest BCUT2D eigenvalue weighted by Gasteiger charge is 2.14. The van der Waals surface area contributed by atoms with Gasteiger partial charge in [0.1, 0.15) is 0 Å². The summed E-state index contributed by atoms with van der Waals surface area (Å²) in [5.41, 5.74) is 0.872. The van der Waals surface area contributed by atoms with E-state index in [2.05, 4.69) is 9.69 Å². The van der Waals surface area contributed by atoms with Crippen molar-refractivity contribution in [3.05, 3.63) is 64.2 Å². The third kappa shape index (κ3) is 2.94. The second-order valence-electron chi connectivity index (χ2n) is 4.68. The molecule has 0 aliphatic heterocycles. The van der Waals surface area contributed by atoms with E-state index in [1.54, 1.807) is 6.07 Å². The lowest BCUT2D eigenvalue weighted by Gasteiger charge is -2.03. The summed E-state index contributed by atoms with van der Waals surface area (Å²) in [5.74, 6) is 0.162. The number of nitrogens with zero attached hydrogens (tertiary/aromatic N) is 2. The van der Waals surface area contributed by atoms with Gasteiger partial charge in [0.05, 0.1) is 16.0 Å². The maximum atomic E-state index is 12.1. The summed E-state index contributed by atoms with van der Waals surface area (Å²) < 4.78 is 4.96. The number of carbonyl (C=O) groups is 1. The average molecular weight is 313 g/mol. The lowest BCUT2D eigenvalue weighted by molar-refractivity contribution is -0.384. The second kappa shape index (κ2) is 5.90. The molecule has 1 heterocycles. The fourth-order valence-electron chi connectivity index (χ4n) is 2.09. The van der Waals surface area contributed by atoms with Crippen LogP contribution in [-0.2, 0) is 11.2 Å². The Bertz CT molecular complexity index is 846. The second-order valence-corrected chi connectivity index (χ2v) is 5.48. The van der Waals surface area contributed by atoms with Gasteiger partial charge in [-0.05, 0) is 23.2 Å². The minimum absolute atomic E-state index is 0.0220. The fraction of sp³-hybridized carbons (Fsp3) is 0.0667. The molecule has 1 aromatic heterocycles. The Morgan fingerprint density at radius 3 is 2.73 bits per heavy atom. The number of aromatic nitrogens is 1. The molecule has 0 radical (unpaired) electrons. The number of amides is 1. The number of hydrogen-bond acceptors (Lipinski definition) is 5. The van der Waals surface area contributed by atoms with Gasteiger partial charge >= 0.3 is 0 Å². The molecule has 0 spiro atoms. The molecular formula is C15H11N3O3S. The maximum absolute atomic E-state index is 12.1. The van der Waals surface area contributed by atoms with Crippen LogP contribution < -0.4 is 5.32 Å². The van der Waals surface area contributed by atoms with Crippen LogP contribution >= 0.6 is 11.5 Å². The van der Waals surface area contributed by atoms with E-state index in [0.29, 0.717) is 11.2 Å². The van der Waals surface area contributed by atoms with Crippen LogP contribution in [0.25, 0.3) is 10.1 Å². The lowest BCUT2D eigenvalue weighted by atomic mass is 10.1. The van der Waals surface area contributed by atoms with Crippen molar-refractivity contribution in [1.29, 1.82) is 0 Å². The quantitative estimate of drug-likeness (QED) is 0.591. The molecule has 0 aliphatic carbocycles. The number of benzene rings is 2. The summed E-state index contributed by atoms with van der Waals surface area (Å²) in [7, 11) is 0. The molecule has 0 atom stereocenters. The van der Waals surface area contributed by atoms with E-state index < -0.39 is 4.92 Å². The molecule has 0 saturated carbocycles. The van der Waals surface area contributed by atoms with Crippen LogP contribution in [-0.4, -0.2) is 15.2 Å². The number of fused-ring (bicyclic) bond motifs is 1. The number of hydrogen-bond donors (Lipinski definition) is 1. The van der Waals surface area contributed by atoms with Gasteiger partial charge in [0, 0.05) is 17.5 Å². The average Bonchev–Trinajstić information content (AvgIpc) is 2.90. The van der Waals surface area contributed by atoms with Crippen molar-refractivity contribution in [2.24, 2.45) is 0 Å². The SMILES string of the molecule is O=C(Cc1ccccc1)Nc1nsc2ccc([N+](=O)[O-])cc12. The van der Waals surface area contributed by atoms with E-state index in [9.17, 15) is 14.9 Å². The highest BCUT2D eigenvalue weighted by molar-refractivity contribution is 7.13. The van der Waals surface area contributed by atoms with E-state index in [4.69, 9.17) is 0 Å². The fourth-order valence-corrected chi connectivity index (χ4v) is 2.80. The molecule has 110 valence electrons. The lowest BCUT2D eigenvalue weighted by Crippen LogP contribution is -2.14. The molecule has 2 aromatic carbocycles. The van der Waals surface area contributed by atoms with Crippen molar-refractivity contribution in [3.8, 4) is 0 Å². The van der Waals surface area contributed by atoms with E-state index in [-0.39, 0.29) is 18.0 Å². The zero-order valence-corrected chi connectivity index (χ0v) is 12.2. The molecule has 0 saturated heterocycles. The summed E-state index contributed by atoms with van der Waals surface area (Å²) >= 11 is 1.20. The molecule has 3 aromatic rings. The van der Waals surface area contributed by atoms with Gasteiger partial charge in [-0.3, -0.25) is 14.9 Å². The van der Waals surface area contributed by atoms with Crippen molar-refractivity contribution < 1.29 is 9.72 Å². The highest BCUT2D eigenvalue weighted by atomic mass is 32.1. The van der Waals surface area contributed by atoms with Gasteiger partial charge < -0.3 is 5.32 Å². The summed E-state index contributed by atoms with van der Waals surface area (Å²) in [4.78, 5) is 22.4. The van der Waals surface area contributed by atoms with Crippen LogP contribution in [0.2, 0.25) is 0 Å². The first-order valence-corrected chi connectivity index (χ1v) is 7.28. The van der Waals surface area contributed by atoms with Crippen molar-refractivity contribution >= 4 is 39.0 Å². The first kappa shape index (κ1) is 14.2. The molecule has 22 heavy (non-hydrogen) atoms. The zero-order chi connectivity index (χ0) is 15.5. The predicted octanol–water partition coefficient (Wildman–Crippen LogP) is 3.39. The van der Waals surface area contributed by atoms with Crippen LogP contribution in [0.15, 0.2) is 48.5 Å². The Kier molecular flexibility index (Phi) is 3.80. The molecule has 0 bridgehead atoms. The summed E-state index contributed by atoms with van der Waals surface area (Å²) in [6.45, 7) is 0. The third-order valence-electron chi connectivity index (χ3n) is 3.13. The van der Waals surface area contributed by atoms with Crippen LogP contribution in [0.5, 0.6) is 0 Å². The van der Waals surface area contributed by atoms with Crippen LogP contribution in [0.1, 0.15) is 5.56 Å². The van der Waals surface area contributed by atoms with E-state index >= 15 is 0 Å². The van der Waals surface area contributed by atoms with Gasteiger partial charge in [-0.2, -0.15) is 4.37 Å². The zero-order valence-electron chi connectivity index (χ0n) is 11.4. The number of carbonyl (C=O) groups excluding carboxylic acids is 1. The molecule has 0 fully saturated rings. The first-order valence-electron chi connectivity index (χ1n) is 6.51. The van der Waals surface area contributed by atoms with Gasteiger partial charge in [0.2, 0.25) is 5.91 Å². The Morgan fingerprint density at radius 2 is 2.00 bits per heavy atom. The smallest absolute Gasteiger partial charge is 0.270 e. The van der Waals surface area contributed by atoms with Gasteiger partial charge in [0.25, 0.3) is 5.69 Å². The van der Waals surface area contributed by atoms with Gasteiger partial charge in [-0.1, -0.05) is 30.3 Å². The molecule has 6 nitrogen and oxygen atoms in total. The molecule has 7 heteroatoms. The number of nitro benzene ring substituents is 1. The highest BCUT2D eigenvalue weighted by Crippen LogP contribution is 2.30. The Morgan fingerprint density at radius 1 is 1.23 bits per heavy atom. The van der Waals surface area contributed by atoms with Crippen LogP contribution in [0, 0.1) is 10.1 Å². The molecule has 1 N–H and O–H groups in total. The summed E-state index contributed by atoms with van der Waals surface area (Å²) in [6.07, 6.45) is 0.231. The van der Waals surface area contributed by atoms with E-state index in [1.165, 1.54) is 23.7 Å². The molecule has 3 rings (SSSR count). The monoisotopic (exact) mass is 313 g/mol.